The fraction of sp³-hybridized carbons (Fsp3) is 0. The largest absolute Gasteiger partial charge is 0.505 e. The molecule has 0 bridgehead atoms. The van der Waals surface area contributed by atoms with Crippen molar-refractivity contribution in [3.05, 3.63) is 160 Å². The minimum atomic E-state index is 0.0668. The van der Waals surface area contributed by atoms with Crippen LogP contribution in [0, 0.1) is 47.4 Å². The molecule has 3 aromatic carbocycles. The van der Waals surface area contributed by atoms with Crippen LogP contribution >= 0.6 is 0 Å². The molecule has 0 unspecified atom stereocenters. The van der Waals surface area contributed by atoms with Crippen LogP contribution in [0.25, 0.3) is 0 Å². The molecule has 5 rings (SSSR count). The lowest BCUT2D eigenvalue weighted by Gasteiger charge is -2.00. The number of nitrogens with zero attached hydrogens (tertiary/aromatic N) is 2. The molecule has 0 saturated carbocycles. The van der Waals surface area contributed by atoms with E-state index >= 15 is 0 Å². The molecule has 0 radical (unpaired) electrons. The van der Waals surface area contributed by atoms with Gasteiger partial charge >= 0.3 is 0 Å². The van der Waals surface area contributed by atoms with Crippen LogP contribution in [-0.2, 0) is 0 Å². The smallest absolute Gasteiger partial charge is 0.146 e. The molecule has 0 aliphatic carbocycles. The first-order chi connectivity index (χ1) is 19.2. The van der Waals surface area contributed by atoms with E-state index in [0.29, 0.717) is 11.1 Å². The number of phenolic OH excluding ortho intramolecular Hbond substituents is 1. The molecule has 0 spiro atoms. The molecule has 1 N–H and O–H groups in total. The summed E-state index contributed by atoms with van der Waals surface area (Å²) in [7, 11) is 0. The molecule has 180 valence electrons. The van der Waals surface area contributed by atoms with Crippen molar-refractivity contribution in [2.45, 2.75) is 0 Å². The molecule has 0 aliphatic rings. The first-order valence-electron chi connectivity index (χ1n) is 12.1. The summed E-state index contributed by atoms with van der Waals surface area (Å²) in [5, 5.41) is 10.7. The second-order valence-electron chi connectivity index (χ2n) is 8.33. The van der Waals surface area contributed by atoms with E-state index in [1.54, 1.807) is 36.9 Å². The molecule has 0 atom stereocenters. The molecule has 3 heteroatoms. The topological polar surface area (TPSA) is 46.0 Å². The zero-order valence-electron chi connectivity index (χ0n) is 20.8. The average Bonchev–Trinajstić information content (AvgIpc) is 3.00. The molecule has 5 aromatic rings. The lowest BCUT2D eigenvalue weighted by atomic mass is 10.1. The number of benzene rings is 3. The lowest BCUT2D eigenvalue weighted by molar-refractivity contribution is 0.472. The molecular formula is C36H20N2O. The predicted octanol–water partition coefficient (Wildman–Crippen LogP) is 5.78. The highest BCUT2D eigenvalue weighted by molar-refractivity contribution is 5.59. The van der Waals surface area contributed by atoms with Gasteiger partial charge < -0.3 is 5.11 Å². The fourth-order valence-electron chi connectivity index (χ4n) is 3.46. The minimum absolute atomic E-state index is 0.0668. The van der Waals surface area contributed by atoms with Gasteiger partial charge in [-0.25, -0.2) is 0 Å². The zero-order valence-corrected chi connectivity index (χ0v) is 20.8. The number of pyridine rings is 2. The van der Waals surface area contributed by atoms with Gasteiger partial charge in [0.25, 0.3) is 0 Å². The first-order valence-corrected chi connectivity index (χ1v) is 12.1. The summed E-state index contributed by atoms with van der Waals surface area (Å²) < 4.78 is 0. The normalized spacial score (nSPS) is 9.33. The van der Waals surface area contributed by atoms with Gasteiger partial charge in [0, 0.05) is 58.2 Å². The fourth-order valence-corrected chi connectivity index (χ4v) is 3.46. The van der Waals surface area contributed by atoms with E-state index in [0.717, 1.165) is 33.4 Å². The molecule has 0 fully saturated rings. The van der Waals surface area contributed by atoms with E-state index in [2.05, 4.69) is 57.3 Å². The molecule has 39 heavy (non-hydrogen) atoms. The third-order valence-electron chi connectivity index (χ3n) is 5.55. The van der Waals surface area contributed by atoms with Crippen molar-refractivity contribution in [1.29, 1.82) is 0 Å². The standard InChI is InChI=1S/C36H20N2O/c39-36-34(18-16-30-8-4-28(5-9-30)12-14-32-20-24-37-25-21-32)2-1-3-35(36)19-17-31-10-6-29(7-11-31)13-15-33-22-26-38-27-23-33/h1-11,20-27,39H. The summed E-state index contributed by atoms with van der Waals surface area (Å²) in [6.07, 6.45) is 6.88. The van der Waals surface area contributed by atoms with Crippen molar-refractivity contribution >= 4 is 0 Å². The zero-order chi connectivity index (χ0) is 26.7. The summed E-state index contributed by atoms with van der Waals surface area (Å²) in [5.41, 5.74) is 6.30. The van der Waals surface area contributed by atoms with Crippen LogP contribution in [0.2, 0.25) is 0 Å². The van der Waals surface area contributed by atoms with Crippen LogP contribution in [0.3, 0.4) is 0 Å². The lowest BCUT2D eigenvalue weighted by Crippen LogP contribution is -1.84. The average molecular weight is 497 g/mol. The molecule has 0 saturated heterocycles. The Hall–Kier alpha value is -6.00. The molecule has 2 heterocycles. The SMILES string of the molecule is Oc1c(C#Cc2ccc(C#Cc3ccncc3)cc2)cccc1C#Cc1ccc(C#Cc2ccncc2)cc1. The summed E-state index contributed by atoms with van der Waals surface area (Å²) in [6.45, 7) is 0. The van der Waals surface area contributed by atoms with Crippen LogP contribution < -0.4 is 0 Å². The van der Waals surface area contributed by atoms with Gasteiger partial charge in [-0.15, -0.1) is 0 Å². The van der Waals surface area contributed by atoms with Gasteiger partial charge in [-0.3, -0.25) is 9.97 Å². The second-order valence-corrected chi connectivity index (χ2v) is 8.33. The number of aromatic hydroxyl groups is 1. The molecule has 0 amide bonds. The van der Waals surface area contributed by atoms with Crippen molar-refractivity contribution in [2.75, 3.05) is 0 Å². The third-order valence-corrected chi connectivity index (χ3v) is 5.55. The number of hydrogen-bond acceptors (Lipinski definition) is 3. The summed E-state index contributed by atoms with van der Waals surface area (Å²) >= 11 is 0. The second kappa shape index (κ2) is 12.3. The molecule has 0 aliphatic heterocycles. The van der Waals surface area contributed by atoms with Gasteiger partial charge in [0.05, 0.1) is 11.1 Å². The van der Waals surface area contributed by atoms with Crippen LogP contribution in [0.4, 0.5) is 0 Å². The number of phenols is 1. The Balaban J connectivity index is 1.27. The van der Waals surface area contributed by atoms with Gasteiger partial charge in [0.15, 0.2) is 0 Å². The van der Waals surface area contributed by atoms with Gasteiger partial charge in [0.1, 0.15) is 5.75 Å². The first kappa shape index (κ1) is 24.7. The molecule has 3 nitrogen and oxygen atoms in total. The Labute approximate surface area is 228 Å². The number of hydrogen-bond donors (Lipinski definition) is 1. The summed E-state index contributed by atoms with van der Waals surface area (Å²) in [5.74, 6) is 24.9. The Bertz CT molecular complexity index is 1710. The number of para-hydroxylation sites is 1. The van der Waals surface area contributed by atoms with E-state index in [1.165, 1.54) is 0 Å². The van der Waals surface area contributed by atoms with Crippen molar-refractivity contribution in [3.8, 4) is 53.1 Å². The van der Waals surface area contributed by atoms with Crippen molar-refractivity contribution < 1.29 is 5.11 Å². The predicted molar refractivity (Wildman–Crippen MR) is 153 cm³/mol. The van der Waals surface area contributed by atoms with Crippen molar-refractivity contribution in [3.63, 3.8) is 0 Å². The van der Waals surface area contributed by atoms with Crippen LogP contribution in [0.5, 0.6) is 5.75 Å². The quantitative estimate of drug-likeness (QED) is 0.277. The van der Waals surface area contributed by atoms with Crippen LogP contribution in [0.15, 0.2) is 116 Å². The van der Waals surface area contributed by atoms with E-state index in [4.69, 9.17) is 0 Å². The Morgan fingerprint density at radius 1 is 0.359 bits per heavy atom. The number of aromatic nitrogens is 2. The van der Waals surface area contributed by atoms with Gasteiger partial charge in [-0.1, -0.05) is 53.4 Å². The number of rotatable bonds is 0. The van der Waals surface area contributed by atoms with E-state index in [1.807, 2.05) is 78.9 Å². The minimum Gasteiger partial charge on any atom is -0.505 e. The monoisotopic (exact) mass is 496 g/mol. The van der Waals surface area contributed by atoms with E-state index in [9.17, 15) is 5.11 Å². The maximum absolute atomic E-state index is 10.7. The molecule has 2 aromatic heterocycles. The molecular weight excluding hydrogens is 476 g/mol. The highest BCUT2D eigenvalue weighted by Gasteiger charge is 2.03. The maximum atomic E-state index is 10.7. The summed E-state index contributed by atoms with van der Waals surface area (Å²) in [6, 6.07) is 28.2. The summed E-state index contributed by atoms with van der Waals surface area (Å²) in [4.78, 5) is 7.99. The van der Waals surface area contributed by atoms with Gasteiger partial charge in [-0.05, 0) is 84.9 Å². The van der Waals surface area contributed by atoms with Crippen molar-refractivity contribution in [2.24, 2.45) is 0 Å². The third kappa shape index (κ3) is 7.03. The van der Waals surface area contributed by atoms with Crippen LogP contribution in [-0.4, -0.2) is 15.1 Å². The Morgan fingerprint density at radius 2 is 0.641 bits per heavy atom. The Morgan fingerprint density at radius 3 is 0.974 bits per heavy atom. The highest BCUT2D eigenvalue weighted by atomic mass is 16.3. The maximum Gasteiger partial charge on any atom is 0.146 e. The van der Waals surface area contributed by atoms with Crippen LogP contribution in [0.1, 0.15) is 44.5 Å². The Kier molecular flexibility index (Phi) is 7.79. The van der Waals surface area contributed by atoms with E-state index in [-0.39, 0.29) is 5.75 Å². The van der Waals surface area contributed by atoms with Crippen molar-refractivity contribution in [1.82, 2.24) is 9.97 Å². The van der Waals surface area contributed by atoms with Gasteiger partial charge in [-0.2, -0.15) is 0 Å². The van der Waals surface area contributed by atoms with Gasteiger partial charge in [0.2, 0.25) is 0 Å². The highest BCUT2D eigenvalue weighted by Crippen LogP contribution is 2.21. The van der Waals surface area contributed by atoms with E-state index < -0.39 is 0 Å².